The average molecular weight is 593 g/mol. The van der Waals surface area contributed by atoms with E-state index in [0.29, 0.717) is 60.6 Å². The third-order valence-corrected chi connectivity index (χ3v) is 13.4. The number of hydrogen-bond donors (Lipinski definition) is 2. The summed E-state index contributed by atoms with van der Waals surface area (Å²) in [6, 6.07) is 4.24. The number of aliphatic hydroxyl groups is 1. The van der Waals surface area contributed by atoms with Gasteiger partial charge in [-0.2, -0.15) is 0 Å². The number of rotatable bonds is 6. The van der Waals surface area contributed by atoms with Crippen LogP contribution in [0.4, 0.5) is 0 Å². The molecule has 1 amide bonds. The number of aliphatic hydroxyl groups excluding tert-OH is 1. The second-order valence-corrected chi connectivity index (χ2v) is 16.4. The Hall–Kier alpha value is -0.720. The van der Waals surface area contributed by atoms with E-state index in [0.717, 1.165) is 16.6 Å². The van der Waals surface area contributed by atoms with Crippen molar-refractivity contribution in [1.29, 1.82) is 0 Å². The Morgan fingerprint density at radius 1 is 1.11 bits per heavy atom. The largest absolute Gasteiger partial charge is 0.393 e. The highest BCUT2D eigenvalue weighted by atomic mass is 79.9. The molecule has 206 valence electrons. The van der Waals surface area contributed by atoms with E-state index in [2.05, 4.69) is 68.0 Å². The number of amides is 1. The Morgan fingerprint density at radius 3 is 2.51 bits per heavy atom. The Kier molecular flexibility index (Phi) is 7.79. The maximum Gasteiger partial charge on any atom is 0.220 e. The molecule has 4 saturated carbocycles. The standard InChI is InChI=1S/C31H46BrNO3S/c1-17(2)29(26-8-9-27(32)37-26)33-28(36)14-18(3)21-6-7-22-20-16-25(35)24-15-19(34)10-12-31(24,5)23(20)11-13-30(21,22)4/h8-9,17-18,20-25,29,35H,6-7,10-16H2,1-5H3,(H,33,36)/t18-,20?,21?,22+,23+,24?,25+,29?,30?,31?/m1/s1. The van der Waals surface area contributed by atoms with E-state index in [4.69, 9.17) is 0 Å². The van der Waals surface area contributed by atoms with E-state index >= 15 is 0 Å². The highest BCUT2D eigenvalue weighted by Gasteiger charge is 2.62. The lowest BCUT2D eigenvalue weighted by molar-refractivity contribution is -0.166. The van der Waals surface area contributed by atoms with E-state index in [1.807, 2.05) is 0 Å². The van der Waals surface area contributed by atoms with Crippen LogP contribution in [0.25, 0.3) is 0 Å². The predicted octanol–water partition coefficient (Wildman–Crippen LogP) is 7.55. The van der Waals surface area contributed by atoms with Crippen molar-refractivity contribution in [3.63, 3.8) is 0 Å². The fourth-order valence-electron chi connectivity index (χ4n) is 9.79. The first kappa shape index (κ1) is 27.8. The number of thiophene rings is 1. The van der Waals surface area contributed by atoms with Gasteiger partial charge < -0.3 is 10.4 Å². The van der Waals surface area contributed by atoms with Crippen molar-refractivity contribution in [2.45, 2.75) is 105 Å². The molecule has 1 aromatic heterocycles. The molecule has 0 aliphatic heterocycles. The summed E-state index contributed by atoms with van der Waals surface area (Å²) in [4.78, 5) is 26.7. The van der Waals surface area contributed by atoms with E-state index in [9.17, 15) is 14.7 Å². The number of carbonyl (C=O) groups is 2. The lowest BCUT2D eigenvalue weighted by Crippen LogP contribution is -2.58. The van der Waals surface area contributed by atoms with Gasteiger partial charge in [-0.1, -0.05) is 34.6 Å². The van der Waals surface area contributed by atoms with Gasteiger partial charge in [0.2, 0.25) is 5.91 Å². The Morgan fingerprint density at radius 2 is 1.84 bits per heavy atom. The molecule has 0 spiro atoms. The summed E-state index contributed by atoms with van der Waals surface area (Å²) in [5.41, 5.74) is 0.341. The van der Waals surface area contributed by atoms with Crippen LogP contribution in [0.15, 0.2) is 15.9 Å². The first-order chi connectivity index (χ1) is 17.4. The second-order valence-electron chi connectivity index (χ2n) is 13.9. The molecule has 2 N–H and O–H groups in total. The predicted molar refractivity (Wildman–Crippen MR) is 153 cm³/mol. The maximum atomic E-state index is 13.3. The van der Waals surface area contributed by atoms with Crippen molar-refractivity contribution >= 4 is 39.0 Å². The smallest absolute Gasteiger partial charge is 0.220 e. The molecule has 0 radical (unpaired) electrons. The van der Waals surface area contributed by atoms with Crippen molar-refractivity contribution in [2.24, 2.45) is 52.3 Å². The molecule has 6 unspecified atom stereocenters. The molecule has 4 nitrogen and oxygen atoms in total. The number of fused-ring (bicyclic) bond motifs is 5. The van der Waals surface area contributed by atoms with Gasteiger partial charge in [0.25, 0.3) is 0 Å². The summed E-state index contributed by atoms with van der Waals surface area (Å²) in [7, 11) is 0. The Labute approximate surface area is 235 Å². The van der Waals surface area contributed by atoms with Crippen LogP contribution >= 0.6 is 27.3 Å². The minimum Gasteiger partial charge on any atom is -0.393 e. The fraction of sp³-hybridized carbons (Fsp3) is 0.806. The number of nitrogens with one attached hydrogen (secondary N) is 1. The molecule has 1 aromatic rings. The molecule has 0 bridgehead atoms. The monoisotopic (exact) mass is 591 g/mol. The second kappa shape index (κ2) is 10.4. The van der Waals surface area contributed by atoms with E-state index in [-0.39, 0.29) is 34.8 Å². The van der Waals surface area contributed by atoms with Crippen molar-refractivity contribution < 1.29 is 14.7 Å². The zero-order chi connectivity index (χ0) is 26.7. The SMILES string of the molecule is CC(C)C(NC(=O)C[C@@H](C)C1CC[C@H]2C3C[C@H](O)C4CC(=O)CCC4(C)[C@H]3CCC12C)c1ccc(Br)s1. The summed E-state index contributed by atoms with van der Waals surface area (Å²) >= 11 is 5.27. The molecule has 0 aromatic carbocycles. The third kappa shape index (κ3) is 4.90. The van der Waals surface area contributed by atoms with Gasteiger partial charge in [-0.15, -0.1) is 11.3 Å². The summed E-state index contributed by atoms with van der Waals surface area (Å²) in [5.74, 6) is 3.71. The van der Waals surface area contributed by atoms with E-state index in [1.165, 1.54) is 30.6 Å². The van der Waals surface area contributed by atoms with Crippen LogP contribution in [0.3, 0.4) is 0 Å². The molecule has 10 atom stereocenters. The maximum absolute atomic E-state index is 13.3. The molecule has 37 heavy (non-hydrogen) atoms. The lowest BCUT2D eigenvalue weighted by Gasteiger charge is -2.61. The van der Waals surface area contributed by atoms with Crippen LogP contribution in [-0.4, -0.2) is 22.9 Å². The minimum absolute atomic E-state index is 0.0538. The summed E-state index contributed by atoms with van der Waals surface area (Å²) in [5, 5.41) is 14.6. The number of ketones is 1. The number of hydrogen-bond acceptors (Lipinski definition) is 4. The topological polar surface area (TPSA) is 66.4 Å². The van der Waals surface area contributed by atoms with Crippen LogP contribution in [0, 0.1) is 52.3 Å². The van der Waals surface area contributed by atoms with Gasteiger partial charge in [-0.05, 0) is 119 Å². The van der Waals surface area contributed by atoms with Crippen molar-refractivity contribution in [3.05, 3.63) is 20.8 Å². The van der Waals surface area contributed by atoms with Crippen molar-refractivity contribution in [2.75, 3.05) is 0 Å². The van der Waals surface area contributed by atoms with E-state index < -0.39 is 0 Å². The van der Waals surface area contributed by atoms with Crippen LogP contribution < -0.4 is 5.32 Å². The van der Waals surface area contributed by atoms with Crippen molar-refractivity contribution in [3.8, 4) is 0 Å². The number of Topliss-reactive ketones (excluding diaryl/α,β-unsaturated/α-hetero) is 1. The molecule has 0 saturated heterocycles. The summed E-state index contributed by atoms with van der Waals surface area (Å²) < 4.78 is 1.10. The van der Waals surface area contributed by atoms with E-state index in [1.54, 1.807) is 11.3 Å². The highest BCUT2D eigenvalue weighted by Crippen LogP contribution is 2.68. The minimum atomic E-state index is -0.342. The van der Waals surface area contributed by atoms with Gasteiger partial charge in [0, 0.05) is 24.1 Å². The van der Waals surface area contributed by atoms with Gasteiger partial charge in [0.1, 0.15) is 5.78 Å². The van der Waals surface area contributed by atoms with Crippen LogP contribution in [0.2, 0.25) is 0 Å². The van der Waals surface area contributed by atoms with Gasteiger partial charge >= 0.3 is 0 Å². The zero-order valence-corrected chi connectivity index (χ0v) is 25.7. The number of carbonyl (C=O) groups excluding carboxylic acids is 2. The Balaban J connectivity index is 1.27. The van der Waals surface area contributed by atoms with Crippen molar-refractivity contribution in [1.82, 2.24) is 5.32 Å². The molecular weight excluding hydrogens is 546 g/mol. The highest BCUT2D eigenvalue weighted by molar-refractivity contribution is 9.11. The molecule has 6 heteroatoms. The first-order valence-corrected chi connectivity index (χ1v) is 16.3. The molecule has 4 aliphatic carbocycles. The summed E-state index contributed by atoms with van der Waals surface area (Å²) in [6.07, 6.45) is 8.19. The number of halogens is 1. The lowest BCUT2D eigenvalue weighted by atomic mass is 9.44. The van der Waals surface area contributed by atoms with Crippen LogP contribution in [0.1, 0.15) is 103 Å². The van der Waals surface area contributed by atoms with Crippen LogP contribution in [-0.2, 0) is 9.59 Å². The molecule has 4 aliphatic rings. The molecule has 4 fully saturated rings. The molecule has 5 rings (SSSR count). The zero-order valence-electron chi connectivity index (χ0n) is 23.3. The summed E-state index contributed by atoms with van der Waals surface area (Å²) in [6.45, 7) is 11.6. The fourth-order valence-corrected chi connectivity index (χ4v) is 11.4. The van der Waals surface area contributed by atoms with Gasteiger partial charge in [-0.3, -0.25) is 9.59 Å². The quantitative estimate of drug-likeness (QED) is 0.359. The van der Waals surface area contributed by atoms with Gasteiger partial charge in [0.15, 0.2) is 0 Å². The normalized spacial score (nSPS) is 41.0. The first-order valence-electron chi connectivity index (χ1n) is 14.7. The molecule has 1 heterocycles. The Bertz CT molecular complexity index is 1020. The average Bonchev–Trinajstić information content (AvgIpc) is 3.41. The third-order valence-electron chi connectivity index (χ3n) is 11.7. The van der Waals surface area contributed by atoms with Crippen LogP contribution in [0.5, 0.6) is 0 Å². The van der Waals surface area contributed by atoms with Gasteiger partial charge in [-0.25, -0.2) is 0 Å². The molecular formula is C31H46BrNO3S. The van der Waals surface area contributed by atoms with Gasteiger partial charge in [0.05, 0.1) is 15.9 Å².